The number of aliphatic hydroxyl groups excluding tert-OH is 2. The van der Waals surface area contributed by atoms with Crippen molar-refractivity contribution < 1.29 is 75.0 Å². The van der Waals surface area contributed by atoms with Gasteiger partial charge in [-0.3, -0.25) is 0 Å². The molecule has 1 rings (SSSR count). The monoisotopic (exact) mass is 436 g/mol. The third-order valence-electron chi connectivity index (χ3n) is 4.05. The highest BCUT2D eigenvalue weighted by molar-refractivity contribution is 5.75. The molecule has 7 atom stereocenters. The minimum absolute atomic E-state index is 0. The largest absolute Gasteiger partial charge is 1.00 e. The summed E-state index contributed by atoms with van der Waals surface area (Å²) in [4.78, 5) is 24.2. The molecule has 1 saturated heterocycles. The number of esters is 2. The van der Waals surface area contributed by atoms with Gasteiger partial charge in [-0.1, -0.05) is 13.8 Å². The van der Waals surface area contributed by atoms with E-state index in [0.29, 0.717) is 0 Å². The van der Waals surface area contributed by atoms with Gasteiger partial charge >= 0.3 is 11.9 Å². The van der Waals surface area contributed by atoms with Gasteiger partial charge in [-0.15, -0.1) is 0 Å². The summed E-state index contributed by atoms with van der Waals surface area (Å²) in [6.45, 7) is 4.61. The van der Waals surface area contributed by atoms with Crippen LogP contribution in [0.15, 0.2) is 0 Å². The van der Waals surface area contributed by atoms with Crippen molar-refractivity contribution in [1.82, 2.24) is 0 Å². The van der Waals surface area contributed by atoms with Crippen LogP contribution in [0.3, 0.4) is 0 Å². The van der Waals surface area contributed by atoms with Gasteiger partial charge in [0, 0.05) is 13.0 Å². The average molecular weight is 437 g/mol. The van der Waals surface area contributed by atoms with Crippen LogP contribution in [0.1, 0.15) is 20.8 Å². The number of hydrogen-bond donors (Lipinski definition) is 4. The molecule has 1 fully saturated rings. The number of carbonyl (C=O) groups excluding carboxylic acids is 2. The molecular weight excluding hydrogens is 407 g/mol. The highest BCUT2D eigenvalue weighted by atomic mass is 35.5. The normalized spacial score (nSPS) is 29.7. The molecule has 0 aromatic rings. The van der Waals surface area contributed by atoms with Crippen LogP contribution in [0, 0.1) is 5.92 Å². The molecule has 0 bridgehead atoms. The lowest BCUT2D eigenvalue weighted by Crippen LogP contribution is -3.00. The number of ether oxygens (including phenoxy) is 4. The lowest BCUT2D eigenvalue weighted by molar-refractivity contribution is -0.421. The molecule has 1 aliphatic heterocycles. The van der Waals surface area contributed by atoms with Crippen molar-refractivity contribution >= 4 is 11.9 Å². The molecule has 10 nitrogen and oxygen atoms in total. The molecule has 0 spiro atoms. The maximum absolute atomic E-state index is 12.3. The van der Waals surface area contributed by atoms with E-state index in [4.69, 9.17) is 18.9 Å². The number of aliphatic hydroxyl groups is 2. The van der Waals surface area contributed by atoms with Crippen molar-refractivity contribution in [3.8, 4) is 0 Å². The van der Waals surface area contributed by atoms with Crippen LogP contribution in [0.5, 0.6) is 0 Å². The molecule has 0 aliphatic carbocycles. The van der Waals surface area contributed by atoms with Crippen molar-refractivity contribution in [3.63, 3.8) is 0 Å². The number of halogens is 2. The van der Waals surface area contributed by atoms with Crippen LogP contribution >= 0.6 is 0 Å². The lowest BCUT2D eigenvalue weighted by Gasteiger charge is -2.42. The van der Waals surface area contributed by atoms with Crippen LogP contribution in [0.4, 0.5) is 0 Å². The third-order valence-corrected chi connectivity index (χ3v) is 4.05. The molecule has 12 heteroatoms. The second-order valence-electron chi connectivity index (χ2n) is 6.51. The third kappa shape index (κ3) is 7.31. The maximum Gasteiger partial charge on any atom is 0.365 e. The Balaban J connectivity index is 0. The number of methoxy groups -OCH3 is 1. The van der Waals surface area contributed by atoms with E-state index in [0.717, 1.165) is 0 Å². The van der Waals surface area contributed by atoms with E-state index in [-0.39, 0.29) is 30.7 Å². The fraction of sp³-hybridized carbons (Fsp3) is 0.867. The van der Waals surface area contributed by atoms with Crippen molar-refractivity contribution in [2.45, 2.75) is 63.6 Å². The van der Waals surface area contributed by atoms with E-state index in [2.05, 4.69) is 11.5 Å². The standard InChI is InChI=1S/C15H28N2O8.2ClH/c1-6(2)9(17)14(21)24-11-10(19)8(5-18)23-15(22-4)12(11)25-13(20)7(3)16;;/h6-12,15,18-19H,5,16-17H2,1-4H3;2*1H/t7-,8+,9-,10+,11-,12+,15-;;/m0../s1. The van der Waals surface area contributed by atoms with Gasteiger partial charge in [0.1, 0.15) is 12.2 Å². The van der Waals surface area contributed by atoms with Crippen molar-refractivity contribution in [3.05, 3.63) is 0 Å². The van der Waals surface area contributed by atoms with E-state index in [9.17, 15) is 19.8 Å². The van der Waals surface area contributed by atoms with Gasteiger partial charge in [0.25, 0.3) is 0 Å². The minimum Gasteiger partial charge on any atom is -1.00 e. The van der Waals surface area contributed by atoms with Gasteiger partial charge in [0.15, 0.2) is 30.6 Å². The molecule has 1 heterocycles. The maximum atomic E-state index is 12.3. The molecule has 0 aromatic heterocycles. The highest BCUT2D eigenvalue weighted by Crippen LogP contribution is 2.27. The lowest BCUT2D eigenvalue weighted by atomic mass is 9.98. The Morgan fingerprint density at radius 1 is 1.07 bits per heavy atom. The van der Waals surface area contributed by atoms with Crippen LogP contribution < -0.4 is 36.3 Å². The predicted molar refractivity (Wildman–Crippen MR) is 82.4 cm³/mol. The van der Waals surface area contributed by atoms with Gasteiger partial charge in [0.05, 0.1) is 6.61 Å². The summed E-state index contributed by atoms with van der Waals surface area (Å²) in [5, 5.41) is 19.8. The summed E-state index contributed by atoms with van der Waals surface area (Å²) in [6, 6.07) is -1.36. The Hall–Kier alpha value is -0.720. The Morgan fingerprint density at radius 2 is 1.59 bits per heavy atom. The second kappa shape index (κ2) is 12.7. The molecule has 0 aromatic carbocycles. The SMILES string of the molecule is CO[C@H]1O[C@H](CO)[C@@H](O)[C@H](OC(=O)[C@@H]([NH3+])C(C)C)[C@H]1OC(=O)[C@H](C)[NH3+].[Cl-].[Cl-]. The van der Waals surface area contributed by atoms with E-state index < -0.39 is 61.3 Å². The van der Waals surface area contributed by atoms with E-state index in [1.807, 2.05) is 0 Å². The van der Waals surface area contributed by atoms with Gasteiger partial charge in [-0.2, -0.15) is 0 Å². The molecule has 1 aliphatic rings. The van der Waals surface area contributed by atoms with E-state index in [1.54, 1.807) is 13.8 Å². The fourth-order valence-electron chi connectivity index (χ4n) is 2.24. The molecule has 0 radical (unpaired) electrons. The van der Waals surface area contributed by atoms with Gasteiger partial charge < -0.3 is 65.4 Å². The zero-order valence-corrected chi connectivity index (χ0v) is 17.4. The number of carbonyl (C=O) groups is 2. The second-order valence-corrected chi connectivity index (χ2v) is 6.51. The summed E-state index contributed by atoms with van der Waals surface area (Å²) in [6.07, 6.45) is -6.06. The average Bonchev–Trinajstić information content (AvgIpc) is 2.56. The molecule has 0 amide bonds. The predicted octanol–water partition coefficient (Wildman–Crippen LogP) is -9.56. The molecule has 0 unspecified atom stereocenters. The van der Waals surface area contributed by atoms with Gasteiger partial charge in [0.2, 0.25) is 0 Å². The Bertz CT molecular complexity index is 469. The van der Waals surface area contributed by atoms with Crippen molar-refractivity contribution in [2.75, 3.05) is 13.7 Å². The van der Waals surface area contributed by atoms with Crippen LogP contribution in [0.25, 0.3) is 0 Å². The Labute approximate surface area is 170 Å². The first-order valence-electron chi connectivity index (χ1n) is 8.18. The highest BCUT2D eigenvalue weighted by Gasteiger charge is 2.50. The fourth-order valence-corrected chi connectivity index (χ4v) is 2.24. The smallest absolute Gasteiger partial charge is 0.365 e. The summed E-state index contributed by atoms with van der Waals surface area (Å²) < 4.78 is 21.2. The molecule has 162 valence electrons. The Kier molecular flexibility index (Phi) is 13.4. The summed E-state index contributed by atoms with van der Waals surface area (Å²) in [7, 11) is 1.31. The Morgan fingerprint density at radius 3 is 2.00 bits per heavy atom. The summed E-state index contributed by atoms with van der Waals surface area (Å²) in [5.74, 6) is -1.41. The topological polar surface area (TPSA) is 167 Å². The number of rotatable bonds is 7. The van der Waals surface area contributed by atoms with Crippen LogP contribution in [0.2, 0.25) is 0 Å². The van der Waals surface area contributed by atoms with Crippen molar-refractivity contribution in [1.29, 1.82) is 0 Å². The zero-order chi connectivity index (χ0) is 19.3. The van der Waals surface area contributed by atoms with Gasteiger partial charge in [-0.05, 0) is 6.92 Å². The number of hydrogen-bond acceptors (Lipinski definition) is 8. The van der Waals surface area contributed by atoms with Crippen LogP contribution in [-0.2, 0) is 28.5 Å². The number of quaternary nitrogens is 2. The first-order chi connectivity index (χ1) is 11.6. The first-order valence-corrected chi connectivity index (χ1v) is 8.18. The van der Waals surface area contributed by atoms with Crippen molar-refractivity contribution in [2.24, 2.45) is 5.92 Å². The first kappa shape index (κ1) is 28.5. The van der Waals surface area contributed by atoms with E-state index in [1.165, 1.54) is 14.0 Å². The molecular formula is C15H30Cl2N2O8. The molecule has 8 N–H and O–H groups in total. The quantitative estimate of drug-likeness (QED) is 0.285. The molecule has 0 saturated carbocycles. The molecule has 27 heavy (non-hydrogen) atoms. The summed E-state index contributed by atoms with van der Waals surface area (Å²) in [5.41, 5.74) is 7.30. The van der Waals surface area contributed by atoms with Gasteiger partial charge in [-0.25, -0.2) is 9.59 Å². The summed E-state index contributed by atoms with van der Waals surface area (Å²) >= 11 is 0. The zero-order valence-electron chi connectivity index (χ0n) is 15.8. The minimum atomic E-state index is -1.40. The van der Waals surface area contributed by atoms with Crippen LogP contribution in [-0.4, -0.2) is 78.7 Å². The van der Waals surface area contributed by atoms with E-state index >= 15 is 0 Å².